The Kier molecular flexibility index (Phi) is 3.96. The van der Waals surface area contributed by atoms with Crippen molar-refractivity contribution in [3.05, 3.63) is 30.3 Å². The Bertz CT molecular complexity index is 1130. The van der Waals surface area contributed by atoms with Crippen LogP contribution in [-0.2, 0) is 11.8 Å². The molecule has 2 saturated heterocycles. The molecule has 8 heteroatoms. The van der Waals surface area contributed by atoms with Crippen molar-refractivity contribution in [2.75, 3.05) is 42.5 Å². The smallest absolute Gasteiger partial charge is 0.225 e. The van der Waals surface area contributed by atoms with E-state index in [0.29, 0.717) is 5.82 Å². The number of carbonyl (C=O) groups excluding carboxylic acids is 1. The number of hydrogen-bond donors (Lipinski definition) is 2. The zero-order chi connectivity index (χ0) is 21.2. The maximum absolute atomic E-state index is 12.2. The molecule has 5 rings (SSSR count). The first-order valence-corrected chi connectivity index (χ1v) is 10.3. The van der Waals surface area contributed by atoms with Crippen molar-refractivity contribution in [3.63, 3.8) is 0 Å². The normalized spacial score (nSPS) is 17.5. The molecule has 0 unspecified atom stereocenters. The molecule has 0 bridgehead atoms. The van der Waals surface area contributed by atoms with Crippen LogP contribution >= 0.6 is 0 Å². The summed E-state index contributed by atoms with van der Waals surface area (Å²) < 4.78 is 1.73. The summed E-state index contributed by atoms with van der Waals surface area (Å²) in [6, 6.07) is 9.87. The van der Waals surface area contributed by atoms with Gasteiger partial charge in [0.2, 0.25) is 5.91 Å². The largest absolute Gasteiger partial charge is 0.399 e. The fourth-order valence-electron chi connectivity index (χ4n) is 4.73. The number of amides is 1. The lowest BCUT2D eigenvalue weighted by molar-refractivity contribution is -0.148. The van der Waals surface area contributed by atoms with Gasteiger partial charge in [-0.1, -0.05) is 26.0 Å². The van der Waals surface area contributed by atoms with Gasteiger partial charge >= 0.3 is 0 Å². The van der Waals surface area contributed by atoms with Gasteiger partial charge < -0.3 is 21.3 Å². The first-order chi connectivity index (χ1) is 14.3. The molecule has 156 valence electrons. The topological polar surface area (TPSA) is 106 Å². The summed E-state index contributed by atoms with van der Waals surface area (Å²) in [6.45, 7) is 7.40. The number of pyridine rings is 1. The van der Waals surface area contributed by atoms with Crippen LogP contribution in [0.2, 0.25) is 0 Å². The Hall–Kier alpha value is -3.29. The summed E-state index contributed by atoms with van der Waals surface area (Å²) in [6.07, 6.45) is 0. The summed E-state index contributed by atoms with van der Waals surface area (Å²) >= 11 is 0. The molecular weight excluding hydrogens is 378 g/mol. The quantitative estimate of drug-likeness (QED) is 0.647. The third-order valence-electron chi connectivity index (χ3n) is 6.26. The lowest BCUT2D eigenvalue weighted by Gasteiger charge is -2.60. The number of nitrogens with two attached hydrogens (primary N) is 2. The number of fused-ring (bicyclic) bond motifs is 1. The number of rotatable bonds is 3. The molecule has 1 spiro atoms. The second kappa shape index (κ2) is 6.35. The van der Waals surface area contributed by atoms with Gasteiger partial charge in [0, 0.05) is 55.8 Å². The first-order valence-electron chi connectivity index (χ1n) is 10.3. The first kappa shape index (κ1) is 18.7. The van der Waals surface area contributed by atoms with E-state index in [0.717, 1.165) is 59.8 Å². The predicted octanol–water partition coefficient (Wildman–Crippen LogP) is 2.10. The van der Waals surface area contributed by atoms with E-state index in [1.807, 2.05) is 50.1 Å². The average molecular weight is 406 g/mol. The summed E-state index contributed by atoms with van der Waals surface area (Å²) in [7, 11) is 1.86. The van der Waals surface area contributed by atoms with Gasteiger partial charge in [-0.05, 0) is 23.8 Å². The number of anilines is 3. The highest BCUT2D eigenvalue weighted by Gasteiger charge is 2.53. The molecule has 4 N–H and O–H groups in total. The van der Waals surface area contributed by atoms with Gasteiger partial charge in [-0.15, -0.1) is 0 Å². The van der Waals surface area contributed by atoms with Crippen LogP contribution in [-0.4, -0.2) is 51.8 Å². The van der Waals surface area contributed by atoms with Crippen molar-refractivity contribution in [2.45, 2.75) is 13.8 Å². The number of aromatic nitrogens is 3. The predicted molar refractivity (Wildman–Crippen MR) is 119 cm³/mol. The zero-order valence-electron chi connectivity index (χ0n) is 17.6. The lowest BCUT2D eigenvalue weighted by Crippen LogP contribution is -2.73. The van der Waals surface area contributed by atoms with Gasteiger partial charge in [0.15, 0.2) is 11.5 Å². The van der Waals surface area contributed by atoms with Crippen LogP contribution in [0.1, 0.15) is 13.8 Å². The number of likely N-dealkylation sites (tertiary alicyclic amines) is 1. The summed E-state index contributed by atoms with van der Waals surface area (Å²) in [5, 5.41) is 5.24. The second-order valence-electron chi connectivity index (χ2n) is 9.06. The van der Waals surface area contributed by atoms with Crippen LogP contribution in [0.25, 0.3) is 22.2 Å². The molecule has 0 atom stereocenters. The van der Waals surface area contributed by atoms with Crippen LogP contribution < -0.4 is 16.4 Å². The van der Waals surface area contributed by atoms with Crippen LogP contribution in [0.15, 0.2) is 30.3 Å². The molecule has 1 amide bonds. The van der Waals surface area contributed by atoms with Crippen LogP contribution in [0.3, 0.4) is 0 Å². The molecule has 2 aliphatic heterocycles. The molecule has 4 heterocycles. The van der Waals surface area contributed by atoms with Gasteiger partial charge in [-0.25, -0.2) is 9.67 Å². The Morgan fingerprint density at radius 3 is 2.40 bits per heavy atom. The molecular formula is C22H27N7O. The van der Waals surface area contributed by atoms with E-state index in [1.165, 1.54) is 0 Å². The van der Waals surface area contributed by atoms with Gasteiger partial charge in [-0.2, -0.15) is 5.10 Å². The van der Waals surface area contributed by atoms with Gasteiger partial charge in [0.05, 0.1) is 5.39 Å². The van der Waals surface area contributed by atoms with Gasteiger partial charge in [0.25, 0.3) is 0 Å². The molecule has 3 aromatic rings. The van der Waals surface area contributed by atoms with E-state index in [1.54, 1.807) is 4.68 Å². The minimum atomic E-state index is 0.0559. The fourth-order valence-corrected chi connectivity index (χ4v) is 4.73. The van der Waals surface area contributed by atoms with Crippen molar-refractivity contribution < 1.29 is 4.79 Å². The van der Waals surface area contributed by atoms with Gasteiger partial charge in [0.1, 0.15) is 5.82 Å². The fraction of sp³-hybridized carbons (Fsp3) is 0.409. The number of nitrogen functional groups attached to an aromatic ring is 2. The van der Waals surface area contributed by atoms with E-state index in [9.17, 15) is 4.79 Å². The van der Waals surface area contributed by atoms with Gasteiger partial charge in [-0.3, -0.25) is 4.79 Å². The highest BCUT2D eigenvalue weighted by Crippen LogP contribution is 2.43. The number of aryl methyl sites for hydroxylation is 1. The van der Waals surface area contributed by atoms with Crippen molar-refractivity contribution in [1.82, 2.24) is 19.7 Å². The highest BCUT2D eigenvalue weighted by molar-refractivity contribution is 6.01. The van der Waals surface area contributed by atoms with E-state index in [-0.39, 0.29) is 17.2 Å². The van der Waals surface area contributed by atoms with Crippen molar-refractivity contribution in [1.29, 1.82) is 0 Å². The van der Waals surface area contributed by atoms with E-state index in [4.69, 9.17) is 16.5 Å². The Morgan fingerprint density at radius 1 is 1.10 bits per heavy atom. The lowest BCUT2D eigenvalue weighted by atomic mass is 9.72. The summed E-state index contributed by atoms with van der Waals surface area (Å²) in [4.78, 5) is 21.3. The minimum absolute atomic E-state index is 0.0559. The Balaban J connectivity index is 1.45. The van der Waals surface area contributed by atoms with Crippen LogP contribution in [0.5, 0.6) is 0 Å². The number of hydrogen-bond acceptors (Lipinski definition) is 6. The maximum atomic E-state index is 12.2. The highest BCUT2D eigenvalue weighted by atomic mass is 16.2. The zero-order valence-corrected chi connectivity index (χ0v) is 17.6. The van der Waals surface area contributed by atoms with Crippen molar-refractivity contribution in [2.24, 2.45) is 18.4 Å². The Labute approximate surface area is 175 Å². The standard InChI is InChI=1S/C22H27N7O/c1-13(2)21(30)29-11-22(12-29)9-28(10-22)17-8-16(14-4-6-15(23)7-5-14)18-19(24)26-27(3)20(18)25-17/h4-8,13H,9-12,23H2,1-3H3,(H2,24,26). The third kappa shape index (κ3) is 2.78. The van der Waals surface area contributed by atoms with Crippen molar-refractivity contribution >= 4 is 34.3 Å². The molecule has 1 aromatic carbocycles. The van der Waals surface area contributed by atoms with Crippen LogP contribution in [0.4, 0.5) is 17.3 Å². The molecule has 2 aromatic heterocycles. The van der Waals surface area contributed by atoms with Crippen LogP contribution in [0, 0.1) is 11.3 Å². The summed E-state index contributed by atoms with van der Waals surface area (Å²) in [5.74, 6) is 1.69. The van der Waals surface area contributed by atoms with E-state index >= 15 is 0 Å². The molecule has 2 fully saturated rings. The third-order valence-corrected chi connectivity index (χ3v) is 6.26. The van der Waals surface area contributed by atoms with E-state index in [2.05, 4.69) is 16.1 Å². The maximum Gasteiger partial charge on any atom is 0.225 e. The minimum Gasteiger partial charge on any atom is -0.399 e. The SMILES string of the molecule is CC(C)C(=O)N1CC2(C1)CN(c1cc(-c3ccc(N)cc3)c3c(N)nn(C)c3n1)C2. The molecule has 30 heavy (non-hydrogen) atoms. The molecule has 2 aliphatic rings. The molecule has 8 nitrogen and oxygen atoms in total. The second-order valence-corrected chi connectivity index (χ2v) is 9.06. The average Bonchev–Trinajstić information content (AvgIpc) is 2.93. The number of nitrogens with zero attached hydrogens (tertiary/aromatic N) is 5. The molecule has 0 saturated carbocycles. The molecule has 0 aliphatic carbocycles. The summed E-state index contributed by atoms with van der Waals surface area (Å²) in [5.41, 5.74) is 15.8. The number of carbonyl (C=O) groups is 1. The van der Waals surface area contributed by atoms with E-state index < -0.39 is 0 Å². The van der Waals surface area contributed by atoms with Crippen molar-refractivity contribution in [3.8, 4) is 11.1 Å². The Morgan fingerprint density at radius 2 is 1.77 bits per heavy atom. The number of benzene rings is 1. The monoisotopic (exact) mass is 405 g/mol. The molecule has 0 radical (unpaired) electrons.